The Morgan fingerprint density at radius 3 is 2.11 bits per heavy atom. The molecule has 2 N–H and O–H groups in total. The number of nitrogen functional groups attached to an aromatic ring is 1. The molecule has 19 heavy (non-hydrogen) atoms. The van der Waals surface area contributed by atoms with E-state index in [0.717, 1.165) is 37.8 Å². The quantitative estimate of drug-likeness (QED) is 0.619. The fourth-order valence-electron chi connectivity index (χ4n) is 1.87. The lowest BCUT2D eigenvalue weighted by Crippen LogP contribution is -2.12. The smallest absolute Gasteiger partial charge is 0.184 e. The van der Waals surface area contributed by atoms with Gasteiger partial charge in [0.2, 0.25) is 0 Å². The maximum absolute atomic E-state index is 13.5. The Bertz CT molecular complexity index is 506. The monoisotopic (exact) mass is 291 g/mol. The van der Waals surface area contributed by atoms with E-state index in [9.17, 15) is 17.2 Å². The highest BCUT2D eigenvalue weighted by Crippen LogP contribution is 2.23. The molecule has 0 spiro atoms. The van der Waals surface area contributed by atoms with Gasteiger partial charge in [0.25, 0.3) is 0 Å². The number of benzene rings is 1. The maximum atomic E-state index is 13.5. The second-order valence-corrected chi connectivity index (χ2v) is 6.59. The van der Waals surface area contributed by atoms with Crippen LogP contribution in [0.5, 0.6) is 0 Å². The van der Waals surface area contributed by atoms with Crippen molar-refractivity contribution in [3.05, 3.63) is 23.8 Å². The van der Waals surface area contributed by atoms with Crippen LogP contribution in [0, 0.1) is 11.6 Å². The second kappa shape index (κ2) is 6.84. The van der Waals surface area contributed by atoms with Gasteiger partial charge >= 0.3 is 0 Å². The molecule has 0 aliphatic heterocycles. The third-order valence-corrected chi connectivity index (χ3v) is 4.69. The number of rotatable bonds is 7. The van der Waals surface area contributed by atoms with Gasteiger partial charge in [-0.3, -0.25) is 0 Å². The van der Waals surface area contributed by atoms with Crippen molar-refractivity contribution in [1.29, 1.82) is 0 Å². The summed E-state index contributed by atoms with van der Waals surface area (Å²) >= 11 is 0. The zero-order chi connectivity index (χ0) is 14.5. The Kier molecular flexibility index (Phi) is 5.72. The zero-order valence-electron chi connectivity index (χ0n) is 11.0. The van der Waals surface area contributed by atoms with Gasteiger partial charge in [0.15, 0.2) is 9.84 Å². The predicted octanol–water partition coefficient (Wildman–Crippen LogP) is 3.29. The summed E-state index contributed by atoms with van der Waals surface area (Å²) in [6.45, 7) is 2.05. The zero-order valence-corrected chi connectivity index (χ0v) is 11.8. The van der Waals surface area contributed by atoms with Gasteiger partial charge in [0, 0.05) is 5.69 Å². The lowest BCUT2D eigenvalue weighted by atomic mass is 10.2. The van der Waals surface area contributed by atoms with Gasteiger partial charge in [-0.1, -0.05) is 32.6 Å². The predicted molar refractivity (Wildman–Crippen MR) is 71.6 cm³/mol. The highest BCUT2D eigenvalue weighted by Gasteiger charge is 2.24. The summed E-state index contributed by atoms with van der Waals surface area (Å²) in [5, 5.41) is 0. The van der Waals surface area contributed by atoms with Crippen LogP contribution in [0.2, 0.25) is 0 Å². The molecule has 0 saturated heterocycles. The number of halogens is 2. The third kappa shape index (κ3) is 4.45. The molecule has 0 unspecified atom stereocenters. The van der Waals surface area contributed by atoms with Gasteiger partial charge in [-0.2, -0.15) is 0 Å². The SMILES string of the molecule is CCCCCCCS(=O)(=O)c1c(F)cc(N)cc1F. The van der Waals surface area contributed by atoms with Crippen molar-refractivity contribution in [2.75, 3.05) is 11.5 Å². The van der Waals surface area contributed by atoms with Crippen molar-refractivity contribution in [2.24, 2.45) is 0 Å². The van der Waals surface area contributed by atoms with E-state index in [1.165, 1.54) is 0 Å². The molecule has 6 heteroatoms. The first kappa shape index (κ1) is 15.9. The van der Waals surface area contributed by atoms with Crippen LogP contribution in [0.4, 0.5) is 14.5 Å². The van der Waals surface area contributed by atoms with E-state index in [2.05, 4.69) is 6.92 Å². The lowest BCUT2D eigenvalue weighted by Gasteiger charge is -2.07. The molecular formula is C13H19F2NO2S. The average molecular weight is 291 g/mol. The Morgan fingerprint density at radius 1 is 1.05 bits per heavy atom. The Balaban J connectivity index is 2.78. The second-order valence-electron chi connectivity index (χ2n) is 4.55. The van der Waals surface area contributed by atoms with E-state index < -0.39 is 26.4 Å². The number of sulfone groups is 1. The van der Waals surface area contributed by atoms with Crippen molar-refractivity contribution >= 4 is 15.5 Å². The summed E-state index contributed by atoms with van der Waals surface area (Å²) in [4.78, 5) is -0.864. The van der Waals surface area contributed by atoms with Crippen molar-refractivity contribution in [3.8, 4) is 0 Å². The molecule has 0 fully saturated rings. The molecule has 1 rings (SSSR count). The molecule has 0 atom stereocenters. The standard InChI is InChI=1S/C13H19F2NO2S/c1-2-3-4-5-6-7-19(17,18)13-11(14)8-10(16)9-12(13)15/h8-9H,2-7,16H2,1H3. The summed E-state index contributed by atoms with van der Waals surface area (Å²) in [5.74, 6) is -2.48. The van der Waals surface area contributed by atoms with Gasteiger partial charge in [-0.15, -0.1) is 0 Å². The van der Waals surface area contributed by atoms with Crippen LogP contribution in [-0.4, -0.2) is 14.2 Å². The average Bonchev–Trinajstić information content (AvgIpc) is 2.26. The molecular weight excluding hydrogens is 272 g/mol. The van der Waals surface area contributed by atoms with Crippen molar-refractivity contribution in [2.45, 2.75) is 43.9 Å². The number of hydrogen-bond acceptors (Lipinski definition) is 3. The minimum Gasteiger partial charge on any atom is -0.399 e. The largest absolute Gasteiger partial charge is 0.399 e. The Labute approximate surface area is 112 Å². The molecule has 3 nitrogen and oxygen atoms in total. The Morgan fingerprint density at radius 2 is 1.58 bits per heavy atom. The maximum Gasteiger partial charge on any atom is 0.184 e. The summed E-state index contributed by atoms with van der Waals surface area (Å²) in [6, 6.07) is 1.65. The fraction of sp³-hybridized carbons (Fsp3) is 0.538. The van der Waals surface area contributed by atoms with Crippen LogP contribution in [-0.2, 0) is 9.84 Å². The van der Waals surface area contributed by atoms with Crippen molar-refractivity contribution in [3.63, 3.8) is 0 Å². The minimum atomic E-state index is -3.93. The molecule has 0 bridgehead atoms. The molecule has 0 aliphatic carbocycles. The van der Waals surface area contributed by atoms with E-state index in [4.69, 9.17) is 5.73 Å². The van der Waals surface area contributed by atoms with Crippen LogP contribution in [0.25, 0.3) is 0 Å². The molecule has 0 heterocycles. The third-order valence-electron chi connectivity index (χ3n) is 2.85. The highest BCUT2D eigenvalue weighted by molar-refractivity contribution is 7.91. The van der Waals surface area contributed by atoms with Crippen LogP contribution in [0.15, 0.2) is 17.0 Å². The van der Waals surface area contributed by atoms with E-state index in [0.29, 0.717) is 6.42 Å². The van der Waals surface area contributed by atoms with Gasteiger partial charge in [-0.05, 0) is 18.6 Å². The van der Waals surface area contributed by atoms with Crippen LogP contribution in [0.3, 0.4) is 0 Å². The normalized spacial score (nSPS) is 11.7. The van der Waals surface area contributed by atoms with Gasteiger partial charge in [0.05, 0.1) is 5.75 Å². The summed E-state index contributed by atoms with van der Waals surface area (Å²) < 4.78 is 50.9. The van der Waals surface area contributed by atoms with Crippen LogP contribution < -0.4 is 5.73 Å². The molecule has 108 valence electrons. The van der Waals surface area contributed by atoms with Gasteiger partial charge in [-0.25, -0.2) is 17.2 Å². The van der Waals surface area contributed by atoms with Crippen LogP contribution >= 0.6 is 0 Å². The Hall–Kier alpha value is -1.17. The number of nitrogens with two attached hydrogens (primary N) is 1. The summed E-state index contributed by atoms with van der Waals surface area (Å²) in [5.41, 5.74) is 5.12. The van der Waals surface area contributed by atoms with E-state index in [-0.39, 0.29) is 11.4 Å². The molecule has 1 aromatic rings. The molecule has 0 radical (unpaired) electrons. The number of hydrogen-bond donors (Lipinski definition) is 1. The van der Waals surface area contributed by atoms with Crippen molar-refractivity contribution in [1.82, 2.24) is 0 Å². The lowest BCUT2D eigenvalue weighted by molar-refractivity contribution is 0.518. The minimum absolute atomic E-state index is 0.128. The first-order chi connectivity index (χ1) is 8.88. The molecule has 0 saturated carbocycles. The van der Waals surface area contributed by atoms with E-state index in [1.807, 2.05) is 0 Å². The van der Waals surface area contributed by atoms with Gasteiger partial charge in [0.1, 0.15) is 16.5 Å². The molecule has 1 aromatic carbocycles. The van der Waals surface area contributed by atoms with E-state index >= 15 is 0 Å². The van der Waals surface area contributed by atoms with Crippen LogP contribution in [0.1, 0.15) is 39.0 Å². The summed E-state index contributed by atoms with van der Waals surface area (Å²) in [7, 11) is -3.93. The first-order valence-corrected chi connectivity index (χ1v) is 8.01. The topological polar surface area (TPSA) is 60.2 Å². The highest BCUT2D eigenvalue weighted by atomic mass is 32.2. The fourth-order valence-corrected chi connectivity index (χ4v) is 3.37. The first-order valence-electron chi connectivity index (χ1n) is 6.35. The molecule has 0 aromatic heterocycles. The molecule has 0 amide bonds. The van der Waals surface area contributed by atoms with Crippen molar-refractivity contribution < 1.29 is 17.2 Å². The van der Waals surface area contributed by atoms with E-state index in [1.54, 1.807) is 0 Å². The number of unbranched alkanes of at least 4 members (excludes halogenated alkanes) is 4. The number of anilines is 1. The summed E-state index contributed by atoms with van der Waals surface area (Å²) in [6.07, 6.45) is 4.16. The van der Waals surface area contributed by atoms with Gasteiger partial charge < -0.3 is 5.73 Å². The molecule has 0 aliphatic rings.